The molecule has 0 aliphatic heterocycles. The highest BCUT2D eigenvalue weighted by Gasteiger charge is 2.30. The average molecular weight is 250 g/mol. The summed E-state index contributed by atoms with van der Waals surface area (Å²) in [5, 5.41) is 3.48. The van der Waals surface area contributed by atoms with Crippen molar-refractivity contribution < 1.29 is 4.39 Å². The molecule has 0 spiro atoms. The molecule has 1 aliphatic carbocycles. The Labute approximate surface area is 109 Å². The van der Waals surface area contributed by atoms with E-state index in [2.05, 4.69) is 12.2 Å². The average Bonchev–Trinajstić information content (AvgIpc) is 2.53. The van der Waals surface area contributed by atoms with E-state index in [1.807, 2.05) is 6.07 Å². The topological polar surface area (TPSA) is 38.0 Å². The van der Waals surface area contributed by atoms with Crippen LogP contribution in [-0.4, -0.2) is 12.1 Å². The van der Waals surface area contributed by atoms with Gasteiger partial charge in [0.05, 0.1) is 0 Å². The van der Waals surface area contributed by atoms with E-state index < -0.39 is 0 Å². The fraction of sp³-hybridized carbons (Fsp3) is 0.600. The van der Waals surface area contributed by atoms with Crippen molar-refractivity contribution in [1.82, 2.24) is 0 Å². The minimum absolute atomic E-state index is 0.0570. The second-order valence-corrected chi connectivity index (χ2v) is 5.66. The molecule has 0 aromatic heterocycles. The molecule has 2 unspecified atom stereocenters. The van der Waals surface area contributed by atoms with Gasteiger partial charge in [-0.3, -0.25) is 0 Å². The van der Waals surface area contributed by atoms with Crippen LogP contribution >= 0.6 is 0 Å². The third-order valence-electron chi connectivity index (χ3n) is 4.09. The van der Waals surface area contributed by atoms with Crippen LogP contribution in [0.25, 0.3) is 0 Å². The van der Waals surface area contributed by atoms with Crippen molar-refractivity contribution in [2.24, 2.45) is 11.7 Å². The summed E-state index contributed by atoms with van der Waals surface area (Å²) in [5.74, 6) is 0.571. The lowest BCUT2D eigenvalue weighted by Gasteiger charge is -2.34. The van der Waals surface area contributed by atoms with Crippen molar-refractivity contribution in [3.63, 3.8) is 0 Å². The van der Waals surface area contributed by atoms with E-state index in [1.165, 1.54) is 25.3 Å². The Hall–Kier alpha value is -1.09. The first-order chi connectivity index (χ1) is 8.63. The van der Waals surface area contributed by atoms with Crippen LogP contribution in [0.2, 0.25) is 0 Å². The largest absolute Gasteiger partial charge is 0.378 e. The summed E-state index contributed by atoms with van der Waals surface area (Å²) in [6, 6.07) is 6.66. The van der Waals surface area contributed by atoms with Crippen molar-refractivity contribution in [2.45, 2.75) is 44.6 Å². The second-order valence-electron chi connectivity index (χ2n) is 5.66. The third-order valence-corrected chi connectivity index (χ3v) is 4.09. The Bertz CT molecular complexity index is 394. The minimum Gasteiger partial charge on any atom is -0.378 e. The number of nitrogens with two attached hydrogens (primary N) is 1. The van der Waals surface area contributed by atoms with Crippen molar-refractivity contribution in [3.05, 3.63) is 30.1 Å². The fourth-order valence-corrected chi connectivity index (χ4v) is 2.83. The van der Waals surface area contributed by atoms with Gasteiger partial charge in [0, 0.05) is 17.8 Å². The molecule has 2 rings (SSSR count). The van der Waals surface area contributed by atoms with Crippen LogP contribution in [0.4, 0.5) is 10.1 Å². The Morgan fingerprint density at radius 1 is 1.39 bits per heavy atom. The molecule has 0 amide bonds. The predicted octanol–water partition coefficient (Wildman–Crippen LogP) is 3.54. The van der Waals surface area contributed by atoms with Gasteiger partial charge < -0.3 is 11.1 Å². The first-order valence-electron chi connectivity index (χ1n) is 6.87. The lowest BCUT2D eigenvalue weighted by molar-refractivity contribution is 0.409. The molecule has 0 radical (unpaired) electrons. The van der Waals surface area contributed by atoms with E-state index in [0.29, 0.717) is 6.54 Å². The van der Waals surface area contributed by atoms with Gasteiger partial charge in [0.2, 0.25) is 0 Å². The highest BCUT2D eigenvalue weighted by atomic mass is 19.1. The molecule has 3 N–H and O–H groups in total. The standard InChI is InChI=1S/C15H23FN2/c1-12-4-3-8-15(11-17,9-7-12)18-14-6-2-5-13(16)10-14/h2,5-6,10,12,18H,3-4,7-9,11,17H2,1H3. The fourth-order valence-electron chi connectivity index (χ4n) is 2.83. The van der Waals surface area contributed by atoms with E-state index >= 15 is 0 Å². The molecule has 100 valence electrons. The van der Waals surface area contributed by atoms with Crippen LogP contribution in [-0.2, 0) is 0 Å². The van der Waals surface area contributed by atoms with Crippen molar-refractivity contribution in [1.29, 1.82) is 0 Å². The monoisotopic (exact) mass is 250 g/mol. The van der Waals surface area contributed by atoms with Gasteiger partial charge in [0.1, 0.15) is 5.82 Å². The maximum Gasteiger partial charge on any atom is 0.125 e. The Kier molecular flexibility index (Phi) is 4.23. The van der Waals surface area contributed by atoms with E-state index in [-0.39, 0.29) is 11.4 Å². The first-order valence-corrected chi connectivity index (χ1v) is 6.87. The van der Waals surface area contributed by atoms with Gasteiger partial charge in [-0.25, -0.2) is 4.39 Å². The van der Waals surface area contributed by atoms with Gasteiger partial charge in [0.15, 0.2) is 0 Å². The van der Waals surface area contributed by atoms with E-state index in [1.54, 1.807) is 12.1 Å². The molecule has 0 bridgehead atoms. The summed E-state index contributed by atoms with van der Waals surface area (Å²) in [7, 11) is 0. The molecule has 1 aliphatic rings. The summed E-state index contributed by atoms with van der Waals surface area (Å²) in [6.07, 6.45) is 5.80. The number of hydrogen-bond acceptors (Lipinski definition) is 2. The molecule has 1 aromatic rings. The molecule has 0 heterocycles. The zero-order valence-corrected chi connectivity index (χ0v) is 11.1. The first kappa shape index (κ1) is 13.3. The lowest BCUT2D eigenvalue weighted by atomic mass is 9.89. The van der Waals surface area contributed by atoms with Crippen molar-refractivity contribution in [2.75, 3.05) is 11.9 Å². The number of nitrogens with one attached hydrogen (secondary N) is 1. The number of benzene rings is 1. The molecule has 2 nitrogen and oxygen atoms in total. The van der Waals surface area contributed by atoms with Crippen LogP contribution < -0.4 is 11.1 Å². The molecular formula is C15H23FN2. The maximum absolute atomic E-state index is 13.2. The molecule has 1 saturated carbocycles. The molecular weight excluding hydrogens is 227 g/mol. The molecule has 2 atom stereocenters. The van der Waals surface area contributed by atoms with Gasteiger partial charge in [-0.1, -0.05) is 25.8 Å². The van der Waals surface area contributed by atoms with Crippen LogP contribution in [0.1, 0.15) is 39.0 Å². The zero-order valence-electron chi connectivity index (χ0n) is 11.1. The van der Waals surface area contributed by atoms with Crippen LogP contribution in [0, 0.1) is 11.7 Å². The summed E-state index contributed by atoms with van der Waals surface area (Å²) >= 11 is 0. The summed E-state index contributed by atoms with van der Waals surface area (Å²) in [4.78, 5) is 0. The number of anilines is 1. The Morgan fingerprint density at radius 3 is 2.94 bits per heavy atom. The summed E-state index contributed by atoms with van der Waals surface area (Å²) in [6.45, 7) is 2.91. The summed E-state index contributed by atoms with van der Waals surface area (Å²) < 4.78 is 13.2. The van der Waals surface area contributed by atoms with Crippen LogP contribution in [0.3, 0.4) is 0 Å². The predicted molar refractivity (Wildman–Crippen MR) is 74.1 cm³/mol. The highest BCUT2D eigenvalue weighted by Crippen LogP contribution is 2.32. The van der Waals surface area contributed by atoms with Crippen LogP contribution in [0.15, 0.2) is 24.3 Å². The quantitative estimate of drug-likeness (QED) is 0.805. The highest BCUT2D eigenvalue weighted by molar-refractivity contribution is 5.46. The normalized spacial score (nSPS) is 28.7. The van der Waals surface area contributed by atoms with Gasteiger partial charge >= 0.3 is 0 Å². The smallest absolute Gasteiger partial charge is 0.125 e. The van der Waals surface area contributed by atoms with Crippen molar-refractivity contribution in [3.8, 4) is 0 Å². The second kappa shape index (κ2) is 5.70. The third kappa shape index (κ3) is 3.22. The SMILES string of the molecule is CC1CCCC(CN)(Nc2cccc(F)c2)CC1. The van der Waals surface area contributed by atoms with Gasteiger partial charge in [0.25, 0.3) is 0 Å². The molecule has 1 aromatic carbocycles. The number of halogens is 1. The molecule has 0 saturated heterocycles. The molecule has 1 fully saturated rings. The van der Waals surface area contributed by atoms with E-state index in [9.17, 15) is 4.39 Å². The number of rotatable bonds is 3. The zero-order chi connectivity index (χ0) is 13.0. The molecule has 3 heteroatoms. The minimum atomic E-state index is -0.200. The molecule has 18 heavy (non-hydrogen) atoms. The Morgan fingerprint density at radius 2 is 2.22 bits per heavy atom. The maximum atomic E-state index is 13.2. The Balaban J connectivity index is 2.12. The van der Waals surface area contributed by atoms with E-state index in [4.69, 9.17) is 5.73 Å². The van der Waals surface area contributed by atoms with Crippen LogP contribution in [0.5, 0.6) is 0 Å². The van der Waals surface area contributed by atoms with Gasteiger partial charge in [-0.2, -0.15) is 0 Å². The van der Waals surface area contributed by atoms with Crippen molar-refractivity contribution >= 4 is 5.69 Å². The number of hydrogen-bond donors (Lipinski definition) is 2. The summed E-state index contributed by atoms with van der Waals surface area (Å²) in [5.41, 5.74) is 6.77. The van der Waals surface area contributed by atoms with Gasteiger partial charge in [-0.15, -0.1) is 0 Å². The van der Waals surface area contributed by atoms with E-state index in [0.717, 1.165) is 24.4 Å². The van der Waals surface area contributed by atoms with Gasteiger partial charge in [-0.05, 0) is 43.4 Å². The lowest BCUT2D eigenvalue weighted by Crippen LogP contribution is -2.45.